The van der Waals surface area contributed by atoms with E-state index in [2.05, 4.69) is 96.5 Å². The van der Waals surface area contributed by atoms with Crippen LogP contribution in [0.1, 0.15) is 43.4 Å². The fourth-order valence-electron chi connectivity index (χ4n) is 5.25. The first-order valence-corrected chi connectivity index (χ1v) is 12.5. The van der Waals surface area contributed by atoms with E-state index < -0.39 is 0 Å². The van der Waals surface area contributed by atoms with Crippen LogP contribution in [0, 0.1) is 0 Å². The van der Waals surface area contributed by atoms with Gasteiger partial charge in [0.25, 0.3) is 0 Å². The second-order valence-electron chi connectivity index (χ2n) is 10.1. The predicted molar refractivity (Wildman–Crippen MR) is 142 cm³/mol. The van der Waals surface area contributed by atoms with Crippen LogP contribution in [0.2, 0.25) is 0 Å². The van der Waals surface area contributed by atoms with Crippen molar-refractivity contribution in [2.45, 2.75) is 38.6 Å². The molecule has 4 nitrogen and oxygen atoms in total. The zero-order chi connectivity index (χ0) is 23.8. The lowest BCUT2D eigenvalue weighted by Gasteiger charge is -2.34. The molecule has 35 heavy (non-hydrogen) atoms. The summed E-state index contributed by atoms with van der Waals surface area (Å²) in [6.07, 6.45) is 6.74. The van der Waals surface area contributed by atoms with E-state index in [-0.39, 0.29) is 5.41 Å². The highest BCUT2D eigenvalue weighted by atomic mass is 16.5. The minimum Gasteiger partial charge on any atom is -0.473 e. The summed E-state index contributed by atoms with van der Waals surface area (Å²) in [5, 5.41) is 0. The van der Waals surface area contributed by atoms with E-state index in [0.29, 0.717) is 13.5 Å². The lowest BCUT2D eigenvalue weighted by Crippen LogP contribution is -2.34. The predicted octanol–water partition coefficient (Wildman–Crippen LogP) is 6.77. The Kier molecular flexibility index (Phi) is 5.52. The number of rotatable bonds is 4. The van der Waals surface area contributed by atoms with Crippen LogP contribution in [0.4, 0.5) is 11.4 Å². The third kappa shape index (κ3) is 4.18. The van der Waals surface area contributed by atoms with E-state index in [0.717, 1.165) is 37.4 Å². The molecule has 0 bridgehead atoms. The number of hydrogen-bond donors (Lipinski definition) is 0. The van der Waals surface area contributed by atoms with Crippen LogP contribution in [-0.4, -0.2) is 20.0 Å². The van der Waals surface area contributed by atoms with Crippen LogP contribution in [0.3, 0.4) is 0 Å². The van der Waals surface area contributed by atoms with Gasteiger partial charge in [0.15, 0.2) is 13.5 Å². The first kappa shape index (κ1) is 21.8. The largest absolute Gasteiger partial charge is 0.473 e. The van der Waals surface area contributed by atoms with Gasteiger partial charge < -0.3 is 19.3 Å². The zero-order valence-electron chi connectivity index (χ0n) is 20.5. The van der Waals surface area contributed by atoms with Gasteiger partial charge in [-0.05, 0) is 60.4 Å². The molecular weight excluding hydrogens is 432 g/mol. The van der Waals surface area contributed by atoms with Gasteiger partial charge in [0.1, 0.15) is 11.5 Å². The van der Waals surface area contributed by atoms with Crippen LogP contribution in [0.25, 0.3) is 0 Å². The number of hydrogen-bond acceptors (Lipinski definition) is 4. The molecular formula is C31H32N2O2. The lowest BCUT2D eigenvalue weighted by atomic mass is 9.78. The molecule has 0 aromatic heterocycles. The molecule has 3 aromatic rings. The third-order valence-corrected chi connectivity index (χ3v) is 7.56. The Balaban J connectivity index is 1.16. The van der Waals surface area contributed by atoms with Crippen LogP contribution >= 0.6 is 0 Å². The number of fused-ring (bicyclic) bond motifs is 2. The number of nitrogens with zero attached hydrogens (tertiary/aromatic N) is 2. The van der Waals surface area contributed by atoms with E-state index in [1.54, 1.807) is 0 Å². The van der Waals surface area contributed by atoms with Crippen molar-refractivity contribution in [1.29, 1.82) is 0 Å². The molecule has 0 atom stereocenters. The molecule has 3 aromatic carbocycles. The summed E-state index contributed by atoms with van der Waals surface area (Å²) in [5.41, 5.74) is 7.45. The Morgan fingerprint density at radius 2 is 1.26 bits per heavy atom. The van der Waals surface area contributed by atoms with Gasteiger partial charge in [-0.1, -0.05) is 62.4 Å². The van der Waals surface area contributed by atoms with E-state index >= 15 is 0 Å². The van der Waals surface area contributed by atoms with Crippen molar-refractivity contribution in [3.63, 3.8) is 0 Å². The van der Waals surface area contributed by atoms with Crippen molar-refractivity contribution in [3.8, 4) is 5.75 Å². The van der Waals surface area contributed by atoms with Gasteiger partial charge in [0, 0.05) is 41.0 Å². The Morgan fingerprint density at radius 3 is 1.97 bits per heavy atom. The van der Waals surface area contributed by atoms with Crippen molar-refractivity contribution < 1.29 is 9.47 Å². The summed E-state index contributed by atoms with van der Waals surface area (Å²) in [7, 11) is 0. The van der Waals surface area contributed by atoms with Gasteiger partial charge in [-0.25, -0.2) is 0 Å². The van der Waals surface area contributed by atoms with E-state index in [4.69, 9.17) is 9.47 Å². The molecule has 0 saturated carbocycles. The van der Waals surface area contributed by atoms with Crippen molar-refractivity contribution in [2.24, 2.45) is 0 Å². The number of benzene rings is 3. The average molecular weight is 465 g/mol. The van der Waals surface area contributed by atoms with E-state index in [1.165, 1.54) is 33.6 Å². The SMILES string of the molecule is CC(C)(c1ccc(N2COC3=CCCC=C3C2)cc1)c1ccc(N2COc3ccccc3C2)cc1. The maximum absolute atomic E-state index is 6.00. The summed E-state index contributed by atoms with van der Waals surface area (Å²) >= 11 is 0. The number of allylic oxidation sites excluding steroid dienone is 2. The Morgan fingerprint density at radius 1 is 0.657 bits per heavy atom. The minimum absolute atomic E-state index is 0.0950. The molecule has 1 fully saturated rings. The average Bonchev–Trinajstić information content (AvgIpc) is 2.92. The van der Waals surface area contributed by atoms with Crippen molar-refractivity contribution in [2.75, 3.05) is 29.8 Å². The first-order valence-electron chi connectivity index (χ1n) is 12.5. The zero-order valence-corrected chi connectivity index (χ0v) is 20.5. The minimum atomic E-state index is -0.0950. The summed E-state index contributed by atoms with van der Waals surface area (Å²) < 4.78 is 12.0. The molecule has 6 rings (SSSR count). The molecule has 0 spiro atoms. The highest BCUT2D eigenvalue weighted by Crippen LogP contribution is 2.35. The highest BCUT2D eigenvalue weighted by molar-refractivity contribution is 5.55. The molecule has 3 aliphatic rings. The molecule has 0 N–H and O–H groups in total. The van der Waals surface area contributed by atoms with Crippen molar-refractivity contribution >= 4 is 11.4 Å². The lowest BCUT2D eigenvalue weighted by molar-refractivity contribution is 0.199. The van der Waals surface area contributed by atoms with Crippen LogP contribution in [0.5, 0.6) is 5.75 Å². The molecule has 0 radical (unpaired) electrons. The molecule has 0 unspecified atom stereocenters. The Labute approximate surface area is 208 Å². The maximum atomic E-state index is 6.00. The second kappa shape index (κ2) is 8.84. The van der Waals surface area contributed by atoms with Gasteiger partial charge in [-0.2, -0.15) is 0 Å². The van der Waals surface area contributed by atoms with Crippen LogP contribution in [0.15, 0.2) is 96.3 Å². The van der Waals surface area contributed by atoms with Crippen molar-refractivity contribution in [1.82, 2.24) is 0 Å². The topological polar surface area (TPSA) is 24.9 Å². The summed E-state index contributed by atoms with van der Waals surface area (Å²) in [6.45, 7) is 7.57. The summed E-state index contributed by atoms with van der Waals surface area (Å²) in [5.74, 6) is 2.07. The molecule has 178 valence electrons. The van der Waals surface area contributed by atoms with Crippen LogP contribution < -0.4 is 14.5 Å². The standard InChI is InChI=1S/C31H32N2O2/c1-31(2,25-11-15-27(16-12-25)32-19-23-7-3-5-9-29(23)34-21-32)26-13-17-28(18-14-26)33-20-24-8-4-6-10-30(24)35-22-33/h3,5,7-18H,4,6,19-22H2,1-2H3. The summed E-state index contributed by atoms with van der Waals surface area (Å²) in [6, 6.07) is 26.2. The quantitative estimate of drug-likeness (QED) is 0.426. The van der Waals surface area contributed by atoms with Gasteiger partial charge in [0.2, 0.25) is 0 Å². The number of ether oxygens (including phenoxy) is 2. The molecule has 1 saturated heterocycles. The molecule has 2 heterocycles. The van der Waals surface area contributed by atoms with Crippen molar-refractivity contribution in [3.05, 3.63) is 113 Å². The smallest absolute Gasteiger partial charge is 0.161 e. The molecule has 1 aliphatic carbocycles. The fraction of sp³-hybridized carbons (Fsp3) is 0.290. The van der Waals surface area contributed by atoms with E-state index in [1.807, 2.05) is 12.1 Å². The second-order valence-corrected chi connectivity index (χ2v) is 10.1. The highest BCUT2D eigenvalue weighted by Gasteiger charge is 2.26. The van der Waals surface area contributed by atoms with Gasteiger partial charge >= 0.3 is 0 Å². The van der Waals surface area contributed by atoms with Gasteiger partial charge in [-0.3, -0.25) is 0 Å². The Bertz CT molecular complexity index is 1270. The fourth-order valence-corrected chi connectivity index (χ4v) is 5.25. The van der Waals surface area contributed by atoms with Gasteiger partial charge in [-0.15, -0.1) is 0 Å². The van der Waals surface area contributed by atoms with Gasteiger partial charge in [0.05, 0.1) is 0 Å². The molecule has 4 heteroatoms. The number of anilines is 2. The third-order valence-electron chi connectivity index (χ3n) is 7.56. The molecule has 0 amide bonds. The van der Waals surface area contributed by atoms with E-state index in [9.17, 15) is 0 Å². The normalized spacial score (nSPS) is 17.4. The maximum Gasteiger partial charge on any atom is 0.161 e. The number of para-hydroxylation sites is 1. The Hall–Kier alpha value is -3.66. The molecule has 2 aliphatic heterocycles. The first-order chi connectivity index (χ1) is 17.1. The summed E-state index contributed by atoms with van der Waals surface area (Å²) in [4.78, 5) is 4.58. The van der Waals surface area contributed by atoms with Crippen LogP contribution in [-0.2, 0) is 16.7 Å². The monoisotopic (exact) mass is 464 g/mol.